The average Bonchev–Trinajstić information content (AvgIpc) is 3.32. The third kappa shape index (κ3) is 3.20. The molecule has 0 atom stereocenters. The zero-order valence-electron chi connectivity index (χ0n) is 14.5. The number of nitrogens with zero attached hydrogens (tertiary/aromatic N) is 2. The van der Waals surface area contributed by atoms with Crippen LogP contribution in [0.4, 0.5) is 5.69 Å². The molecule has 2 heterocycles. The van der Waals surface area contributed by atoms with Crippen molar-refractivity contribution in [1.82, 2.24) is 0 Å². The molecule has 0 spiro atoms. The van der Waals surface area contributed by atoms with Gasteiger partial charge in [0.25, 0.3) is 5.91 Å². The molecule has 3 aromatic rings. The van der Waals surface area contributed by atoms with Gasteiger partial charge in [-0.25, -0.2) is 4.99 Å². The molecule has 0 bridgehead atoms. The fourth-order valence-electron chi connectivity index (χ4n) is 2.80. The van der Waals surface area contributed by atoms with Crippen molar-refractivity contribution >= 4 is 23.5 Å². The van der Waals surface area contributed by atoms with E-state index in [2.05, 4.69) is 4.99 Å². The Morgan fingerprint density at radius 2 is 1.81 bits per heavy atom. The smallest absolute Gasteiger partial charge is 0.282 e. The number of aromatic hydroxyl groups is 1. The summed E-state index contributed by atoms with van der Waals surface area (Å²) in [6, 6.07) is 17.2. The number of methoxy groups -OCH3 is 1. The van der Waals surface area contributed by atoms with Crippen molar-refractivity contribution in [2.45, 2.75) is 0 Å². The van der Waals surface area contributed by atoms with Crippen molar-refractivity contribution in [2.24, 2.45) is 4.99 Å². The van der Waals surface area contributed by atoms with Crippen LogP contribution in [0.1, 0.15) is 11.3 Å². The predicted molar refractivity (Wildman–Crippen MR) is 102 cm³/mol. The van der Waals surface area contributed by atoms with Crippen LogP contribution in [0.3, 0.4) is 0 Å². The molecular weight excluding hydrogens is 344 g/mol. The summed E-state index contributed by atoms with van der Waals surface area (Å²) in [4.78, 5) is 19.1. The maximum Gasteiger partial charge on any atom is 0.282 e. The van der Waals surface area contributed by atoms with Gasteiger partial charge in [-0.3, -0.25) is 9.69 Å². The number of benzene rings is 2. The van der Waals surface area contributed by atoms with Gasteiger partial charge in [-0.1, -0.05) is 0 Å². The van der Waals surface area contributed by atoms with Crippen LogP contribution in [0.15, 0.2) is 82.0 Å². The normalized spacial score (nSPS) is 15.3. The van der Waals surface area contributed by atoms with Crippen LogP contribution in [0.5, 0.6) is 11.5 Å². The predicted octanol–water partition coefficient (Wildman–Crippen LogP) is 3.83. The number of carbonyl (C=O) groups excluding carboxylic acids is 1. The Morgan fingerprint density at radius 3 is 2.44 bits per heavy atom. The molecule has 0 unspecified atom stereocenters. The van der Waals surface area contributed by atoms with Crippen LogP contribution in [-0.2, 0) is 4.79 Å². The van der Waals surface area contributed by atoms with E-state index in [1.165, 1.54) is 23.3 Å². The number of hydrogen-bond acceptors (Lipinski definition) is 5. The standard InChI is InChI=1S/C21H16N2O4/c1-26-17-10-4-14(5-11-17)20-22-19(13-18-3-2-12-27-18)21(25)23(20)15-6-8-16(24)9-7-15/h2-13,24H,1H3/b19-13+. The van der Waals surface area contributed by atoms with E-state index in [0.29, 0.717) is 23.0 Å². The minimum absolute atomic E-state index is 0.125. The van der Waals surface area contributed by atoms with E-state index in [0.717, 1.165) is 5.56 Å². The van der Waals surface area contributed by atoms with E-state index >= 15 is 0 Å². The van der Waals surface area contributed by atoms with Crippen LogP contribution in [0.25, 0.3) is 6.08 Å². The Labute approximate surface area is 155 Å². The second-order valence-corrected chi connectivity index (χ2v) is 5.87. The molecule has 6 nitrogen and oxygen atoms in total. The number of hydrogen-bond donors (Lipinski definition) is 1. The number of carbonyl (C=O) groups is 1. The highest BCUT2D eigenvalue weighted by molar-refractivity contribution is 6.33. The van der Waals surface area contributed by atoms with Gasteiger partial charge in [0.15, 0.2) is 0 Å². The second kappa shape index (κ2) is 6.84. The van der Waals surface area contributed by atoms with Crippen molar-refractivity contribution in [2.75, 3.05) is 12.0 Å². The van der Waals surface area contributed by atoms with Gasteiger partial charge in [-0.05, 0) is 60.7 Å². The van der Waals surface area contributed by atoms with Crippen LogP contribution < -0.4 is 9.64 Å². The Bertz CT molecular complexity index is 1020. The summed E-state index contributed by atoms with van der Waals surface area (Å²) in [6.45, 7) is 0. The van der Waals surface area contributed by atoms with Crippen molar-refractivity contribution in [1.29, 1.82) is 0 Å². The molecule has 1 aliphatic rings. The SMILES string of the molecule is COc1ccc(C2=N/C(=C/c3ccco3)C(=O)N2c2ccc(O)cc2)cc1. The van der Waals surface area contributed by atoms with E-state index in [-0.39, 0.29) is 17.4 Å². The quantitative estimate of drug-likeness (QED) is 0.718. The Balaban J connectivity index is 1.80. The Kier molecular flexibility index (Phi) is 4.22. The van der Waals surface area contributed by atoms with Crippen molar-refractivity contribution in [3.05, 3.63) is 83.9 Å². The molecule has 0 aliphatic carbocycles. The lowest BCUT2D eigenvalue weighted by atomic mass is 10.1. The number of ether oxygens (including phenoxy) is 1. The van der Waals surface area contributed by atoms with Crippen LogP contribution >= 0.6 is 0 Å². The lowest BCUT2D eigenvalue weighted by molar-refractivity contribution is -0.113. The molecule has 0 radical (unpaired) electrons. The molecule has 27 heavy (non-hydrogen) atoms. The summed E-state index contributed by atoms with van der Waals surface area (Å²) in [6.07, 6.45) is 3.14. The number of rotatable bonds is 4. The lowest BCUT2D eigenvalue weighted by Gasteiger charge is -2.18. The zero-order chi connectivity index (χ0) is 18.8. The van der Waals surface area contributed by atoms with Gasteiger partial charge in [-0.15, -0.1) is 0 Å². The van der Waals surface area contributed by atoms with Gasteiger partial charge in [-0.2, -0.15) is 0 Å². The molecule has 1 aromatic heterocycles. The minimum atomic E-state index is -0.275. The monoisotopic (exact) mass is 360 g/mol. The minimum Gasteiger partial charge on any atom is -0.508 e. The van der Waals surface area contributed by atoms with E-state index < -0.39 is 0 Å². The number of amidine groups is 1. The fraction of sp³-hybridized carbons (Fsp3) is 0.0476. The van der Waals surface area contributed by atoms with Crippen molar-refractivity contribution in [3.8, 4) is 11.5 Å². The highest BCUT2D eigenvalue weighted by atomic mass is 16.5. The highest BCUT2D eigenvalue weighted by Crippen LogP contribution is 2.29. The molecule has 4 rings (SSSR count). The van der Waals surface area contributed by atoms with Crippen LogP contribution in [-0.4, -0.2) is 24.0 Å². The molecule has 134 valence electrons. The molecule has 0 saturated carbocycles. The summed E-state index contributed by atoms with van der Waals surface area (Å²) in [7, 11) is 1.60. The third-order valence-electron chi connectivity index (χ3n) is 4.14. The summed E-state index contributed by atoms with van der Waals surface area (Å²) in [5.74, 6) is 1.60. The number of phenols is 1. The van der Waals surface area contributed by atoms with Gasteiger partial charge in [0, 0.05) is 11.6 Å². The first kappa shape index (κ1) is 16.7. The van der Waals surface area contributed by atoms with Gasteiger partial charge in [0.05, 0.1) is 19.1 Å². The first-order valence-corrected chi connectivity index (χ1v) is 8.27. The maximum atomic E-state index is 13.0. The molecule has 1 N–H and O–H groups in total. The van der Waals surface area contributed by atoms with Crippen molar-refractivity contribution < 1.29 is 19.1 Å². The van der Waals surface area contributed by atoms with Crippen molar-refractivity contribution in [3.63, 3.8) is 0 Å². The van der Waals surface area contributed by atoms with Crippen LogP contribution in [0, 0.1) is 0 Å². The van der Waals surface area contributed by atoms with Crippen LogP contribution in [0.2, 0.25) is 0 Å². The number of anilines is 1. The topological polar surface area (TPSA) is 75.3 Å². The molecular formula is C21H16N2O4. The molecule has 1 aliphatic heterocycles. The summed E-state index contributed by atoms with van der Waals surface area (Å²) in [5.41, 5.74) is 1.64. The second-order valence-electron chi connectivity index (χ2n) is 5.87. The number of phenolic OH excluding ortho intramolecular Hbond substituents is 1. The fourth-order valence-corrected chi connectivity index (χ4v) is 2.80. The number of amides is 1. The highest BCUT2D eigenvalue weighted by Gasteiger charge is 2.32. The number of furan rings is 1. The first-order valence-electron chi connectivity index (χ1n) is 8.27. The molecule has 0 fully saturated rings. The van der Waals surface area contributed by atoms with E-state index in [1.54, 1.807) is 37.5 Å². The Morgan fingerprint density at radius 1 is 1.07 bits per heavy atom. The van der Waals surface area contributed by atoms with E-state index in [4.69, 9.17) is 9.15 Å². The van der Waals surface area contributed by atoms with E-state index in [9.17, 15) is 9.90 Å². The zero-order valence-corrected chi connectivity index (χ0v) is 14.5. The molecule has 0 saturated heterocycles. The summed E-state index contributed by atoms with van der Waals surface area (Å²) < 4.78 is 10.5. The van der Waals surface area contributed by atoms with Gasteiger partial charge >= 0.3 is 0 Å². The van der Waals surface area contributed by atoms with Gasteiger partial charge < -0.3 is 14.3 Å². The average molecular weight is 360 g/mol. The lowest BCUT2D eigenvalue weighted by Crippen LogP contribution is -2.32. The Hall–Kier alpha value is -3.80. The molecule has 6 heteroatoms. The third-order valence-corrected chi connectivity index (χ3v) is 4.14. The van der Waals surface area contributed by atoms with E-state index in [1.807, 2.05) is 24.3 Å². The first-order chi connectivity index (χ1) is 13.2. The summed E-state index contributed by atoms with van der Waals surface area (Å²) in [5, 5.41) is 9.56. The summed E-state index contributed by atoms with van der Waals surface area (Å²) >= 11 is 0. The van der Waals surface area contributed by atoms with Gasteiger partial charge in [0.1, 0.15) is 28.8 Å². The number of aliphatic imine (C=N–C) groups is 1. The molecule has 2 aromatic carbocycles. The molecule has 1 amide bonds. The largest absolute Gasteiger partial charge is 0.508 e. The van der Waals surface area contributed by atoms with Gasteiger partial charge in [0.2, 0.25) is 0 Å². The maximum absolute atomic E-state index is 13.0.